The average Bonchev–Trinajstić information content (AvgIpc) is 2.65. The first-order valence-corrected chi connectivity index (χ1v) is 8.33. The van der Waals surface area contributed by atoms with Crippen LogP contribution in [0.1, 0.15) is 11.3 Å². The average molecular weight is 330 g/mol. The van der Waals surface area contributed by atoms with Crippen molar-refractivity contribution in [1.29, 1.82) is 0 Å². The van der Waals surface area contributed by atoms with Crippen molar-refractivity contribution in [1.82, 2.24) is 9.97 Å². The lowest BCUT2D eigenvalue weighted by atomic mass is 10.2. The van der Waals surface area contributed by atoms with Crippen LogP contribution in [0.25, 0.3) is 0 Å². The molecule has 25 heavy (non-hydrogen) atoms. The monoisotopic (exact) mass is 330 g/mol. The van der Waals surface area contributed by atoms with E-state index >= 15 is 0 Å². The molecule has 0 bridgehead atoms. The van der Waals surface area contributed by atoms with Gasteiger partial charge in [-0.05, 0) is 24.6 Å². The fourth-order valence-electron chi connectivity index (χ4n) is 2.61. The van der Waals surface area contributed by atoms with E-state index in [-0.39, 0.29) is 0 Å². The quantitative estimate of drug-likeness (QED) is 0.636. The van der Waals surface area contributed by atoms with Gasteiger partial charge in [-0.25, -0.2) is 4.98 Å². The summed E-state index contributed by atoms with van der Waals surface area (Å²) >= 11 is 0. The van der Waals surface area contributed by atoms with Crippen LogP contribution in [-0.4, -0.2) is 16.5 Å². The van der Waals surface area contributed by atoms with E-state index < -0.39 is 0 Å². The number of aromatic nitrogens is 2. The van der Waals surface area contributed by atoms with E-state index in [0.717, 1.165) is 23.7 Å². The maximum atomic E-state index is 4.70. The van der Waals surface area contributed by atoms with Gasteiger partial charge in [0.05, 0.1) is 0 Å². The van der Waals surface area contributed by atoms with Gasteiger partial charge in [-0.2, -0.15) is 4.98 Å². The van der Waals surface area contributed by atoms with Crippen molar-refractivity contribution >= 4 is 17.5 Å². The van der Waals surface area contributed by atoms with Gasteiger partial charge in [-0.15, -0.1) is 6.58 Å². The van der Waals surface area contributed by atoms with E-state index in [0.29, 0.717) is 12.5 Å². The molecule has 0 aliphatic rings. The second kappa shape index (κ2) is 8.11. The number of nitrogens with zero attached hydrogens (tertiary/aromatic N) is 3. The molecule has 0 radical (unpaired) electrons. The van der Waals surface area contributed by atoms with Gasteiger partial charge >= 0.3 is 0 Å². The van der Waals surface area contributed by atoms with Crippen LogP contribution in [0.2, 0.25) is 0 Å². The van der Waals surface area contributed by atoms with Crippen LogP contribution in [0.3, 0.4) is 0 Å². The number of hydrogen-bond donors (Lipinski definition) is 1. The summed E-state index contributed by atoms with van der Waals surface area (Å²) in [6, 6.07) is 22.7. The molecule has 1 aromatic heterocycles. The third-order valence-electron chi connectivity index (χ3n) is 3.77. The molecule has 1 N–H and O–H groups in total. The first kappa shape index (κ1) is 16.7. The van der Waals surface area contributed by atoms with Gasteiger partial charge in [0.2, 0.25) is 5.95 Å². The molecule has 3 aromatic rings. The molecule has 2 aromatic carbocycles. The molecule has 4 heteroatoms. The van der Waals surface area contributed by atoms with Crippen molar-refractivity contribution in [3.63, 3.8) is 0 Å². The maximum Gasteiger partial charge on any atom is 0.225 e. The zero-order valence-corrected chi connectivity index (χ0v) is 14.4. The molecule has 0 saturated carbocycles. The fraction of sp³-hybridized carbons (Fsp3) is 0.143. The molecular formula is C21H22N4. The van der Waals surface area contributed by atoms with E-state index in [4.69, 9.17) is 4.98 Å². The molecule has 0 spiro atoms. The van der Waals surface area contributed by atoms with E-state index in [2.05, 4.69) is 58.2 Å². The van der Waals surface area contributed by atoms with Crippen molar-refractivity contribution in [3.8, 4) is 0 Å². The van der Waals surface area contributed by atoms with Crippen LogP contribution >= 0.6 is 0 Å². The molecule has 0 unspecified atom stereocenters. The predicted molar refractivity (Wildman–Crippen MR) is 104 cm³/mol. The highest BCUT2D eigenvalue weighted by Crippen LogP contribution is 2.27. The fourth-order valence-corrected chi connectivity index (χ4v) is 2.61. The molecular weight excluding hydrogens is 308 g/mol. The highest BCUT2D eigenvalue weighted by molar-refractivity contribution is 5.61. The van der Waals surface area contributed by atoms with Crippen molar-refractivity contribution in [2.24, 2.45) is 0 Å². The van der Waals surface area contributed by atoms with Crippen LogP contribution in [-0.2, 0) is 6.54 Å². The summed E-state index contributed by atoms with van der Waals surface area (Å²) in [7, 11) is 0. The topological polar surface area (TPSA) is 41.1 Å². The number of nitrogens with one attached hydrogen (secondary N) is 1. The van der Waals surface area contributed by atoms with Crippen molar-refractivity contribution in [2.45, 2.75) is 13.5 Å². The molecule has 0 aliphatic heterocycles. The first-order valence-electron chi connectivity index (χ1n) is 8.33. The summed E-state index contributed by atoms with van der Waals surface area (Å²) in [5.41, 5.74) is 3.24. The highest BCUT2D eigenvalue weighted by atomic mass is 15.2. The molecule has 1 heterocycles. The third kappa shape index (κ3) is 4.44. The van der Waals surface area contributed by atoms with Gasteiger partial charge in [-0.1, -0.05) is 54.6 Å². The Balaban J connectivity index is 1.99. The van der Waals surface area contributed by atoms with Crippen molar-refractivity contribution in [2.75, 3.05) is 16.8 Å². The summed E-state index contributed by atoms with van der Waals surface area (Å²) in [4.78, 5) is 11.4. The molecule has 0 fully saturated rings. The Morgan fingerprint density at radius 2 is 1.68 bits per heavy atom. The molecule has 0 aliphatic carbocycles. The van der Waals surface area contributed by atoms with E-state index in [1.54, 1.807) is 6.08 Å². The summed E-state index contributed by atoms with van der Waals surface area (Å²) in [6.07, 6.45) is 1.80. The van der Waals surface area contributed by atoms with E-state index in [1.807, 2.05) is 37.3 Å². The molecule has 0 saturated heterocycles. The number of anilines is 3. The van der Waals surface area contributed by atoms with Crippen LogP contribution in [0, 0.1) is 6.92 Å². The predicted octanol–water partition coefficient (Wildman–Crippen LogP) is 4.72. The Hall–Kier alpha value is -3.14. The Morgan fingerprint density at radius 1 is 1.00 bits per heavy atom. The van der Waals surface area contributed by atoms with Crippen LogP contribution < -0.4 is 10.2 Å². The van der Waals surface area contributed by atoms with Gasteiger partial charge in [0, 0.05) is 30.5 Å². The van der Waals surface area contributed by atoms with Gasteiger partial charge in [0.15, 0.2) is 0 Å². The van der Waals surface area contributed by atoms with Crippen molar-refractivity contribution in [3.05, 3.63) is 90.6 Å². The molecule has 3 rings (SSSR count). The van der Waals surface area contributed by atoms with Gasteiger partial charge in [0.25, 0.3) is 0 Å². The minimum atomic E-state index is 0.615. The van der Waals surface area contributed by atoms with Crippen LogP contribution in [0.5, 0.6) is 0 Å². The molecule has 126 valence electrons. The van der Waals surface area contributed by atoms with Crippen LogP contribution in [0.15, 0.2) is 79.4 Å². The normalized spacial score (nSPS) is 10.3. The number of aryl methyl sites for hydroxylation is 1. The lowest BCUT2D eigenvalue weighted by molar-refractivity contribution is 0.930. The zero-order valence-electron chi connectivity index (χ0n) is 14.4. The van der Waals surface area contributed by atoms with E-state index in [1.165, 1.54) is 5.56 Å². The standard InChI is InChI=1S/C21H22N4/c1-3-14-22-21-23-17(2)15-20(24-21)25(19-12-8-5-9-13-19)16-18-10-6-4-7-11-18/h3-13,15H,1,14,16H2,2H3,(H,22,23,24). The van der Waals surface area contributed by atoms with Crippen molar-refractivity contribution < 1.29 is 0 Å². The third-order valence-corrected chi connectivity index (χ3v) is 3.77. The second-order valence-corrected chi connectivity index (χ2v) is 5.77. The smallest absolute Gasteiger partial charge is 0.225 e. The summed E-state index contributed by atoms with van der Waals surface area (Å²) in [5, 5.41) is 3.18. The van der Waals surface area contributed by atoms with Crippen LogP contribution in [0.4, 0.5) is 17.5 Å². The minimum absolute atomic E-state index is 0.615. The highest BCUT2D eigenvalue weighted by Gasteiger charge is 2.13. The molecule has 0 amide bonds. The second-order valence-electron chi connectivity index (χ2n) is 5.77. The summed E-state index contributed by atoms with van der Waals surface area (Å²) < 4.78 is 0. The number of benzene rings is 2. The van der Waals surface area contributed by atoms with E-state index in [9.17, 15) is 0 Å². The SMILES string of the molecule is C=CCNc1nc(C)cc(N(Cc2ccccc2)c2ccccc2)n1. The zero-order chi connectivity index (χ0) is 17.5. The minimum Gasteiger partial charge on any atom is -0.351 e. The summed E-state index contributed by atoms with van der Waals surface area (Å²) in [6.45, 7) is 7.08. The Kier molecular flexibility index (Phi) is 5.42. The van der Waals surface area contributed by atoms with Gasteiger partial charge in [0.1, 0.15) is 5.82 Å². The Morgan fingerprint density at radius 3 is 2.36 bits per heavy atom. The van der Waals surface area contributed by atoms with Gasteiger partial charge in [-0.3, -0.25) is 0 Å². The number of rotatable bonds is 7. The molecule has 0 atom stereocenters. The summed E-state index contributed by atoms with van der Waals surface area (Å²) in [5.74, 6) is 1.48. The lowest BCUT2D eigenvalue weighted by Crippen LogP contribution is -2.19. The lowest BCUT2D eigenvalue weighted by Gasteiger charge is -2.25. The first-order chi connectivity index (χ1) is 12.3. The number of para-hydroxylation sites is 1. The maximum absolute atomic E-state index is 4.70. The Labute approximate surface area is 148 Å². The Bertz CT molecular complexity index is 816. The van der Waals surface area contributed by atoms with Gasteiger partial charge < -0.3 is 10.2 Å². The largest absolute Gasteiger partial charge is 0.351 e. The molecule has 4 nitrogen and oxygen atoms in total. The number of hydrogen-bond acceptors (Lipinski definition) is 4.